The van der Waals surface area contributed by atoms with Crippen LogP contribution in [0.3, 0.4) is 0 Å². The molecule has 1 amide bonds. The third-order valence-electron chi connectivity index (χ3n) is 2.75. The molecule has 132 valence electrons. The van der Waals surface area contributed by atoms with Crippen molar-refractivity contribution < 1.29 is 19.1 Å². The molecule has 0 unspecified atom stereocenters. The van der Waals surface area contributed by atoms with E-state index >= 15 is 0 Å². The van der Waals surface area contributed by atoms with Crippen LogP contribution in [-0.2, 0) is 4.74 Å². The zero-order valence-electron chi connectivity index (χ0n) is 14.1. The molecule has 0 bridgehead atoms. The van der Waals surface area contributed by atoms with Crippen LogP contribution in [0.1, 0.15) is 31.3 Å². The maximum absolute atomic E-state index is 11.8. The molecule has 0 atom stereocenters. The molecule has 25 heavy (non-hydrogen) atoms. The van der Waals surface area contributed by atoms with Crippen LogP contribution in [0.15, 0.2) is 36.7 Å². The summed E-state index contributed by atoms with van der Waals surface area (Å²) in [5.74, 6) is 0.505. The molecule has 1 N–H and O–H groups in total. The summed E-state index contributed by atoms with van der Waals surface area (Å²) in [5.41, 5.74) is 0.180. The van der Waals surface area contributed by atoms with E-state index < -0.39 is 11.7 Å². The number of Topliss-reactive ketones (excluding diaryl/α,β-unsaturated/α-hetero) is 1. The van der Waals surface area contributed by atoms with Crippen LogP contribution in [-0.4, -0.2) is 32.8 Å². The quantitative estimate of drug-likeness (QED) is 0.589. The van der Waals surface area contributed by atoms with Crippen molar-refractivity contribution in [3.8, 4) is 11.6 Å². The molecule has 0 fully saturated rings. The third kappa shape index (κ3) is 6.15. The van der Waals surface area contributed by atoms with Crippen LogP contribution in [0.2, 0.25) is 0 Å². The van der Waals surface area contributed by atoms with Gasteiger partial charge in [0.25, 0.3) is 0 Å². The number of benzene rings is 1. The van der Waals surface area contributed by atoms with Crippen molar-refractivity contribution >= 4 is 33.5 Å². The Bertz CT molecular complexity index is 774. The first kappa shape index (κ1) is 18.9. The van der Waals surface area contributed by atoms with Crippen molar-refractivity contribution in [3.05, 3.63) is 42.4 Å². The van der Waals surface area contributed by atoms with Gasteiger partial charge < -0.3 is 9.47 Å². The molecular weight excluding hydrogens is 390 g/mol. The Morgan fingerprint density at radius 3 is 2.64 bits per heavy atom. The molecule has 0 radical (unpaired) electrons. The van der Waals surface area contributed by atoms with Gasteiger partial charge in [0.15, 0.2) is 5.78 Å². The average molecular weight is 408 g/mol. The highest BCUT2D eigenvalue weighted by atomic mass is 79.9. The van der Waals surface area contributed by atoms with E-state index in [9.17, 15) is 9.59 Å². The Morgan fingerprint density at radius 2 is 1.96 bits per heavy atom. The minimum Gasteiger partial charge on any atom is -0.444 e. The highest BCUT2D eigenvalue weighted by Crippen LogP contribution is 2.23. The molecule has 0 spiro atoms. The summed E-state index contributed by atoms with van der Waals surface area (Å²) in [7, 11) is 0. The van der Waals surface area contributed by atoms with Crippen LogP contribution < -0.4 is 10.1 Å². The molecule has 1 aromatic heterocycles. The smallest absolute Gasteiger partial charge is 0.412 e. The summed E-state index contributed by atoms with van der Waals surface area (Å²) >= 11 is 3.09. The number of aromatic nitrogens is 2. The lowest BCUT2D eigenvalue weighted by Gasteiger charge is -2.19. The largest absolute Gasteiger partial charge is 0.444 e. The van der Waals surface area contributed by atoms with Crippen LogP contribution in [0.4, 0.5) is 10.5 Å². The van der Waals surface area contributed by atoms with Crippen LogP contribution >= 0.6 is 15.9 Å². The van der Waals surface area contributed by atoms with E-state index in [1.807, 2.05) is 0 Å². The lowest BCUT2D eigenvalue weighted by molar-refractivity contribution is 0.0635. The fraction of sp³-hybridized carbons (Fsp3) is 0.294. The fourth-order valence-electron chi connectivity index (χ4n) is 1.80. The van der Waals surface area contributed by atoms with Gasteiger partial charge in [-0.3, -0.25) is 10.1 Å². The van der Waals surface area contributed by atoms with Gasteiger partial charge in [-0.15, -0.1) is 0 Å². The molecule has 8 heteroatoms. The van der Waals surface area contributed by atoms with E-state index in [0.717, 1.165) is 0 Å². The molecule has 7 nitrogen and oxygen atoms in total. The first-order valence-electron chi connectivity index (χ1n) is 7.46. The van der Waals surface area contributed by atoms with Gasteiger partial charge in [0, 0.05) is 17.8 Å². The van der Waals surface area contributed by atoms with Crippen LogP contribution in [0.5, 0.6) is 11.6 Å². The molecule has 1 heterocycles. The SMILES string of the molecule is CC(C)(C)OC(=O)Nc1cccc(Oc2cc(C(=O)CBr)ncn2)c1. The Kier molecular flexibility index (Phi) is 6.08. The maximum atomic E-state index is 11.8. The van der Waals surface area contributed by atoms with E-state index in [2.05, 4.69) is 31.2 Å². The number of ketones is 1. The summed E-state index contributed by atoms with van der Waals surface area (Å²) in [6, 6.07) is 8.20. The van der Waals surface area contributed by atoms with Crippen molar-refractivity contribution in [2.45, 2.75) is 26.4 Å². The number of alkyl halides is 1. The predicted octanol–water partition coefficient (Wildman–Crippen LogP) is 4.19. The lowest BCUT2D eigenvalue weighted by Crippen LogP contribution is -2.27. The second-order valence-corrected chi connectivity index (χ2v) is 6.62. The second kappa shape index (κ2) is 8.06. The van der Waals surface area contributed by atoms with E-state index in [1.165, 1.54) is 12.4 Å². The van der Waals surface area contributed by atoms with Gasteiger partial charge in [0.2, 0.25) is 5.88 Å². The average Bonchev–Trinajstić information content (AvgIpc) is 2.52. The summed E-state index contributed by atoms with van der Waals surface area (Å²) < 4.78 is 10.8. The Morgan fingerprint density at radius 1 is 1.20 bits per heavy atom. The van der Waals surface area contributed by atoms with Crippen molar-refractivity contribution in [2.24, 2.45) is 0 Å². The minimum atomic E-state index is -0.586. The van der Waals surface area contributed by atoms with E-state index in [0.29, 0.717) is 11.4 Å². The zero-order valence-corrected chi connectivity index (χ0v) is 15.7. The normalized spacial score (nSPS) is 10.9. The van der Waals surface area contributed by atoms with Gasteiger partial charge in [-0.1, -0.05) is 22.0 Å². The number of hydrogen-bond acceptors (Lipinski definition) is 6. The number of amides is 1. The third-order valence-corrected chi connectivity index (χ3v) is 3.26. The number of ether oxygens (including phenoxy) is 2. The van der Waals surface area contributed by atoms with Gasteiger partial charge in [-0.2, -0.15) is 0 Å². The zero-order chi connectivity index (χ0) is 18.4. The Balaban J connectivity index is 2.09. The topological polar surface area (TPSA) is 90.4 Å². The molecule has 0 aliphatic carbocycles. The van der Waals surface area contributed by atoms with Crippen molar-refractivity contribution in [1.82, 2.24) is 9.97 Å². The summed E-state index contributed by atoms with van der Waals surface area (Å²) in [6.45, 7) is 5.35. The summed E-state index contributed by atoms with van der Waals surface area (Å²) in [5, 5.41) is 2.79. The number of carbonyl (C=O) groups excluding carboxylic acids is 2. The molecule has 0 saturated carbocycles. The monoisotopic (exact) mass is 407 g/mol. The number of halogens is 1. The molecule has 2 rings (SSSR count). The summed E-state index contributed by atoms with van der Waals surface area (Å²) in [6.07, 6.45) is 0.700. The molecule has 0 aliphatic heterocycles. The molecule has 0 saturated heterocycles. The predicted molar refractivity (Wildman–Crippen MR) is 96.5 cm³/mol. The Hall–Kier alpha value is -2.48. The number of carbonyl (C=O) groups is 2. The van der Waals surface area contributed by atoms with Crippen LogP contribution in [0.25, 0.3) is 0 Å². The van der Waals surface area contributed by atoms with E-state index in [-0.39, 0.29) is 22.7 Å². The van der Waals surface area contributed by atoms with Crippen LogP contribution in [0, 0.1) is 0 Å². The maximum Gasteiger partial charge on any atom is 0.412 e. The van der Waals surface area contributed by atoms with E-state index in [4.69, 9.17) is 9.47 Å². The number of nitrogens with one attached hydrogen (secondary N) is 1. The van der Waals surface area contributed by atoms with Gasteiger partial charge in [-0.05, 0) is 32.9 Å². The first-order valence-corrected chi connectivity index (χ1v) is 8.58. The molecule has 0 aliphatic rings. The lowest BCUT2D eigenvalue weighted by atomic mass is 10.2. The minimum absolute atomic E-state index is 0.165. The Labute approximate surface area is 153 Å². The molecule has 2 aromatic rings. The summed E-state index contributed by atoms with van der Waals surface area (Å²) in [4.78, 5) is 31.3. The van der Waals surface area contributed by atoms with Gasteiger partial charge in [-0.25, -0.2) is 14.8 Å². The van der Waals surface area contributed by atoms with E-state index in [1.54, 1.807) is 45.0 Å². The van der Waals surface area contributed by atoms with Crippen molar-refractivity contribution in [3.63, 3.8) is 0 Å². The van der Waals surface area contributed by atoms with Crippen molar-refractivity contribution in [2.75, 3.05) is 10.6 Å². The second-order valence-electron chi connectivity index (χ2n) is 6.06. The molecule has 1 aromatic carbocycles. The standard InChI is InChI=1S/C17H18BrN3O4/c1-17(2,3)25-16(23)21-11-5-4-6-12(7-11)24-15-8-13(14(22)9-18)19-10-20-15/h4-8,10H,9H2,1-3H3,(H,21,23). The number of hydrogen-bond donors (Lipinski definition) is 1. The number of nitrogens with zero attached hydrogens (tertiary/aromatic N) is 2. The number of rotatable bonds is 5. The van der Waals surface area contributed by atoms with Crippen molar-refractivity contribution in [1.29, 1.82) is 0 Å². The molecular formula is C17H18BrN3O4. The highest BCUT2D eigenvalue weighted by molar-refractivity contribution is 9.09. The van der Waals surface area contributed by atoms with Gasteiger partial charge in [0.05, 0.1) is 5.33 Å². The van der Waals surface area contributed by atoms with Gasteiger partial charge >= 0.3 is 6.09 Å². The van der Waals surface area contributed by atoms with Gasteiger partial charge in [0.1, 0.15) is 23.4 Å². The first-order chi connectivity index (χ1) is 11.8. The fourth-order valence-corrected chi connectivity index (χ4v) is 2.08. The number of anilines is 1. The highest BCUT2D eigenvalue weighted by Gasteiger charge is 2.16.